The standard InChI is InChI=1S/C17H27ClN2/c1-3-9-19-13-15-6-7-17(16(18)12-15)20-10-4-5-14(2)8-11-20/h6-7,12,14,19H,3-5,8-11,13H2,1-2H3. The van der Waals surface area contributed by atoms with E-state index in [0.29, 0.717) is 0 Å². The molecule has 1 fully saturated rings. The second-order valence-electron chi connectivity index (χ2n) is 5.99. The molecule has 2 rings (SSSR count). The van der Waals surface area contributed by atoms with Crippen LogP contribution in [0.25, 0.3) is 0 Å². The van der Waals surface area contributed by atoms with Gasteiger partial charge >= 0.3 is 0 Å². The van der Waals surface area contributed by atoms with Gasteiger partial charge in [0.05, 0.1) is 10.7 Å². The first kappa shape index (κ1) is 15.7. The third-order valence-electron chi connectivity index (χ3n) is 4.13. The molecule has 3 heteroatoms. The molecule has 0 radical (unpaired) electrons. The molecule has 1 aliphatic heterocycles. The van der Waals surface area contributed by atoms with E-state index in [2.05, 4.69) is 42.3 Å². The average Bonchev–Trinajstić information content (AvgIpc) is 2.64. The topological polar surface area (TPSA) is 15.3 Å². The molecule has 1 heterocycles. The molecule has 0 aromatic heterocycles. The Morgan fingerprint density at radius 2 is 2.15 bits per heavy atom. The van der Waals surface area contributed by atoms with Crippen LogP contribution < -0.4 is 10.2 Å². The molecular weight excluding hydrogens is 268 g/mol. The lowest BCUT2D eigenvalue weighted by molar-refractivity contribution is 0.521. The summed E-state index contributed by atoms with van der Waals surface area (Å²) in [5, 5.41) is 4.32. The van der Waals surface area contributed by atoms with E-state index in [-0.39, 0.29) is 0 Å². The summed E-state index contributed by atoms with van der Waals surface area (Å²) in [6.07, 6.45) is 5.05. The molecule has 0 aliphatic carbocycles. The van der Waals surface area contributed by atoms with Crippen LogP contribution in [0.2, 0.25) is 5.02 Å². The maximum Gasteiger partial charge on any atom is 0.0642 e. The van der Waals surface area contributed by atoms with Crippen LogP contribution in [0.5, 0.6) is 0 Å². The summed E-state index contributed by atoms with van der Waals surface area (Å²) < 4.78 is 0. The van der Waals surface area contributed by atoms with Crippen molar-refractivity contribution < 1.29 is 0 Å². The Labute approximate surface area is 128 Å². The highest BCUT2D eigenvalue weighted by atomic mass is 35.5. The maximum atomic E-state index is 6.50. The molecular formula is C17H27ClN2. The average molecular weight is 295 g/mol. The largest absolute Gasteiger partial charge is 0.370 e. The Hall–Kier alpha value is -0.730. The van der Waals surface area contributed by atoms with Crippen molar-refractivity contribution in [3.8, 4) is 0 Å². The van der Waals surface area contributed by atoms with Crippen molar-refractivity contribution in [2.24, 2.45) is 5.92 Å². The van der Waals surface area contributed by atoms with Gasteiger partial charge in [-0.1, -0.05) is 31.5 Å². The van der Waals surface area contributed by atoms with E-state index in [4.69, 9.17) is 11.6 Å². The summed E-state index contributed by atoms with van der Waals surface area (Å²) >= 11 is 6.50. The van der Waals surface area contributed by atoms with Crippen LogP contribution in [0.4, 0.5) is 5.69 Å². The number of anilines is 1. The van der Waals surface area contributed by atoms with Gasteiger partial charge in [-0.05, 0) is 55.8 Å². The minimum atomic E-state index is 0.844. The van der Waals surface area contributed by atoms with E-state index >= 15 is 0 Å². The fraction of sp³-hybridized carbons (Fsp3) is 0.647. The summed E-state index contributed by atoms with van der Waals surface area (Å²) in [7, 11) is 0. The van der Waals surface area contributed by atoms with Crippen LogP contribution in [-0.4, -0.2) is 19.6 Å². The van der Waals surface area contributed by atoms with Crippen molar-refractivity contribution in [3.05, 3.63) is 28.8 Å². The fourth-order valence-corrected chi connectivity index (χ4v) is 3.15. The fourth-order valence-electron chi connectivity index (χ4n) is 2.83. The Kier molecular flexibility index (Phi) is 6.18. The minimum absolute atomic E-state index is 0.844. The first-order chi connectivity index (χ1) is 9.70. The minimum Gasteiger partial charge on any atom is -0.370 e. The SMILES string of the molecule is CCCNCc1ccc(N2CCCC(C)CC2)c(Cl)c1. The molecule has 1 N–H and O–H groups in total. The molecule has 1 unspecified atom stereocenters. The van der Waals surface area contributed by atoms with Gasteiger partial charge in [0.15, 0.2) is 0 Å². The summed E-state index contributed by atoms with van der Waals surface area (Å²) in [6.45, 7) is 8.77. The third-order valence-corrected chi connectivity index (χ3v) is 4.43. The van der Waals surface area contributed by atoms with Gasteiger partial charge in [-0.25, -0.2) is 0 Å². The monoisotopic (exact) mass is 294 g/mol. The second kappa shape index (κ2) is 7.90. The predicted molar refractivity (Wildman–Crippen MR) is 88.7 cm³/mol. The number of benzene rings is 1. The van der Waals surface area contributed by atoms with Crippen LogP contribution >= 0.6 is 11.6 Å². The Morgan fingerprint density at radius 1 is 1.30 bits per heavy atom. The zero-order chi connectivity index (χ0) is 14.4. The first-order valence-electron chi connectivity index (χ1n) is 7.94. The summed E-state index contributed by atoms with van der Waals surface area (Å²) in [5.41, 5.74) is 2.48. The highest BCUT2D eigenvalue weighted by Gasteiger charge is 2.16. The summed E-state index contributed by atoms with van der Waals surface area (Å²) in [6, 6.07) is 6.52. The quantitative estimate of drug-likeness (QED) is 0.806. The van der Waals surface area contributed by atoms with Gasteiger partial charge in [-0.3, -0.25) is 0 Å². The van der Waals surface area contributed by atoms with Crippen LogP contribution in [0.15, 0.2) is 18.2 Å². The number of rotatable bonds is 5. The number of halogens is 1. The first-order valence-corrected chi connectivity index (χ1v) is 8.32. The molecule has 1 atom stereocenters. The molecule has 1 saturated heterocycles. The van der Waals surface area contributed by atoms with E-state index in [9.17, 15) is 0 Å². The number of nitrogens with zero attached hydrogens (tertiary/aromatic N) is 1. The van der Waals surface area contributed by atoms with Crippen molar-refractivity contribution in [2.45, 2.75) is 46.1 Å². The molecule has 0 amide bonds. The molecule has 112 valence electrons. The molecule has 2 nitrogen and oxygen atoms in total. The Morgan fingerprint density at radius 3 is 2.90 bits per heavy atom. The second-order valence-corrected chi connectivity index (χ2v) is 6.39. The smallest absolute Gasteiger partial charge is 0.0642 e. The van der Waals surface area contributed by atoms with Gasteiger partial charge in [0, 0.05) is 19.6 Å². The number of hydrogen-bond acceptors (Lipinski definition) is 2. The van der Waals surface area contributed by atoms with Gasteiger partial charge in [-0.15, -0.1) is 0 Å². The van der Waals surface area contributed by atoms with Crippen LogP contribution in [0.1, 0.15) is 45.1 Å². The van der Waals surface area contributed by atoms with Gasteiger partial charge in [0.25, 0.3) is 0 Å². The number of hydrogen-bond donors (Lipinski definition) is 1. The van der Waals surface area contributed by atoms with Crippen LogP contribution in [0.3, 0.4) is 0 Å². The molecule has 1 aromatic rings. The lowest BCUT2D eigenvalue weighted by atomic mass is 10.0. The molecule has 0 saturated carbocycles. The van der Waals surface area contributed by atoms with Crippen molar-refractivity contribution in [1.29, 1.82) is 0 Å². The molecule has 0 spiro atoms. The van der Waals surface area contributed by atoms with Gasteiger partial charge in [0.2, 0.25) is 0 Å². The predicted octanol–water partition coefficient (Wildman–Crippen LogP) is 4.47. The molecule has 1 aliphatic rings. The van der Waals surface area contributed by atoms with Crippen molar-refractivity contribution in [2.75, 3.05) is 24.5 Å². The highest BCUT2D eigenvalue weighted by Crippen LogP contribution is 2.29. The molecule has 0 bridgehead atoms. The van der Waals surface area contributed by atoms with Gasteiger partial charge in [-0.2, -0.15) is 0 Å². The van der Waals surface area contributed by atoms with Gasteiger partial charge in [0.1, 0.15) is 0 Å². The maximum absolute atomic E-state index is 6.50. The summed E-state index contributed by atoms with van der Waals surface area (Å²) in [4.78, 5) is 2.45. The lowest BCUT2D eigenvalue weighted by Crippen LogP contribution is -2.24. The van der Waals surface area contributed by atoms with Gasteiger partial charge < -0.3 is 10.2 Å². The number of nitrogens with one attached hydrogen (secondary N) is 1. The third kappa shape index (κ3) is 4.39. The highest BCUT2D eigenvalue weighted by molar-refractivity contribution is 6.33. The van der Waals surface area contributed by atoms with E-state index in [1.54, 1.807) is 0 Å². The lowest BCUT2D eigenvalue weighted by Gasteiger charge is -2.24. The zero-order valence-corrected chi connectivity index (χ0v) is 13.5. The van der Waals surface area contributed by atoms with E-state index < -0.39 is 0 Å². The zero-order valence-electron chi connectivity index (χ0n) is 12.8. The van der Waals surface area contributed by atoms with Crippen LogP contribution in [-0.2, 0) is 6.54 Å². The van der Waals surface area contributed by atoms with Crippen molar-refractivity contribution in [3.63, 3.8) is 0 Å². The van der Waals surface area contributed by atoms with Crippen molar-refractivity contribution in [1.82, 2.24) is 5.32 Å². The Bertz CT molecular complexity index is 419. The molecule has 20 heavy (non-hydrogen) atoms. The summed E-state index contributed by atoms with van der Waals surface area (Å²) in [5.74, 6) is 0.844. The van der Waals surface area contributed by atoms with E-state index in [1.807, 2.05) is 0 Å². The normalized spacial score (nSPS) is 19.9. The molecule has 1 aromatic carbocycles. The Balaban J connectivity index is 2.01. The van der Waals surface area contributed by atoms with E-state index in [1.165, 1.54) is 30.5 Å². The van der Waals surface area contributed by atoms with Crippen molar-refractivity contribution >= 4 is 17.3 Å². The van der Waals surface area contributed by atoms with E-state index in [0.717, 1.165) is 43.5 Å². The van der Waals surface area contributed by atoms with Crippen LogP contribution in [0, 0.1) is 5.92 Å².